The largest absolute Gasteiger partial charge is 0.353 e. The summed E-state index contributed by atoms with van der Waals surface area (Å²) < 4.78 is 6.57. The number of hydrogen-bond donors (Lipinski definition) is 0. The highest BCUT2D eigenvalue weighted by Gasteiger charge is 2.09. The van der Waals surface area contributed by atoms with Crippen LogP contribution in [0.5, 0.6) is 0 Å². The van der Waals surface area contributed by atoms with E-state index in [1.807, 2.05) is 0 Å². The Balaban J connectivity index is 2.67. The maximum Gasteiger partial charge on any atom is 0.275 e. The summed E-state index contributed by atoms with van der Waals surface area (Å²) in [7, 11) is 0. The van der Waals surface area contributed by atoms with E-state index in [1.54, 1.807) is 18.6 Å². The average Bonchev–Trinajstić information content (AvgIpc) is 2.42. The van der Waals surface area contributed by atoms with Crippen molar-refractivity contribution >= 4 is 6.20 Å². The molecule has 4 nitrogen and oxygen atoms in total. The van der Waals surface area contributed by atoms with Crippen molar-refractivity contribution in [1.82, 2.24) is 14.9 Å². The van der Waals surface area contributed by atoms with Crippen molar-refractivity contribution in [3.05, 3.63) is 19.0 Å². The number of fused-ring (bicyclic) bond motifs is 1. The van der Waals surface area contributed by atoms with E-state index in [0.29, 0.717) is 5.89 Å². The second kappa shape index (κ2) is 1.70. The van der Waals surface area contributed by atoms with Gasteiger partial charge in [0.1, 0.15) is 0 Å². The third-order valence-electron chi connectivity index (χ3n) is 1.23. The molecule has 0 aromatic rings. The highest BCUT2D eigenvalue weighted by atomic mass is 16.5. The molecule has 2 aliphatic rings. The molecular formula is C6H5N3O. The Hall–Kier alpha value is -1.58. The minimum Gasteiger partial charge on any atom is -0.353 e. The van der Waals surface area contributed by atoms with Crippen LogP contribution in [0.15, 0.2) is 23.5 Å². The number of nitrogens with zero attached hydrogens (tertiary/aromatic N) is 3. The molecule has 50 valence electrons. The van der Waals surface area contributed by atoms with Gasteiger partial charge in [0, 0.05) is 6.20 Å². The molecule has 0 bridgehead atoms. The highest BCUT2D eigenvalue weighted by molar-refractivity contribution is 5.51. The average molecular weight is 135 g/mol. The zero-order valence-electron chi connectivity index (χ0n) is 5.19. The fraction of sp³-hybridized carbons (Fsp3) is 0. The lowest BCUT2D eigenvalue weighted by Gasteiger charge is -1.82. The highest BCUT2D eigenvalue weighted by Crippen LogP contribution is 2.18. The van der Waals surface area contributed by atoms with Crippen molar-refractivity contribution in [1.29, 1.82) is 0 Å². The van der Waals surface area contributed by atoms with Crippen molar-refractivity contribution in [2.75, 3.05) is 0 Å². The van der Waals surface area contributed by atoms with Crippen LogP contribution in [0.25, 0.3) is 17.7 Å². The summed E-state index contributed by atoms with van der Waals surface area (Å²) in [6.45, 7) is 3.53. The number of aromatic nitrogens is 3. The minimum absolute atomic E-state index is 0.542. The van der Waals surface area contributed by atoms with Gasteiger partial charge in [-0.2, -0.15) is 9.84 Å². The summed E-state index contributed by atoms with van der Waals surface area (Å²) in [5.41, 5.74) is 0.889. The van der Waals surface area contributed by atoms with Gasteiger partial charge in [-0.25, -0.2) is 0 Å². The standard InChI is InChI=1S/C6H5N3O/c1-2-9-4-5-3-7-8-6(5)10-9/h2-4H,1H2. The zero-order valence-corrected chi connectivity index (χ0v) is 5.19. The first kappa shape index (κ1) is 5.22. The molecule has 0 aromatic heterocycles. The van der Waals surface area contributed by atoms with Crippen LogP contribution < -0.4 is 0 Å². The summed E-state index contributed by atoms with van der Waals surface area (Å²) in [5, 5.41) is 7.35. The van der Waals surface area contributed by atoms with Crippen LogP contribution in [0.4, 0.5) is 0 Å². The van der Waals surface area contributed by atoms with Crippen LogP contribution in [0.3, 0.4) is 0 Å². The van der Waals surface area contributed by atoms with Crippen LogP contribution in [-0.2, 0) is 0 Å². The first-order valence-electron chi connectivity index (χ1n) is 2.82. The Labute approximate surface area is 57.1 Å². The Morgan fingerprint density at radius 3 is 3.30 bits per heavy atom. The van der Waals surface area contributed by atoms with Gasteiger partial charge in [0.2, 0.25) is 0 Å². The molecule has 0 N–H and O–H groups in total. The van der Waals surface area contributed by atoms with Crippen molar-refractivity contribution in [2.45, 2.75) is 0 Å². The van der Waals surface area contributed by atoms with Crippen molar-refractivity contribution in [3.63, 3.8) is 0 Å². The van der Waals surface area contributed by atoms with Crippen LogP contribution >= 0.6 is 0 Å². The van der Waals surface area contributed by atoms with Gasteiger partial charge < -0.3 is 4.52 Å². The van der Waals surface area contributed by atoms with E-state index in [9.17, 15) is 0 Å². The molecule has 0 spiro atoms. The fourth-order valence-corrected chi connectivity index (χ4v) is 0.769. The maximum absolute atomic E-state index is 5.08. The summed E-state index contributed by atoms with van der Waals surface area (Å²) in [5.74, 6) is 0.542. The maximum atomic E-state index is 5.08. The molecule has 0 radical (unpaired) electrons. The monoisotopic (exact) mass is 135 g/mol. The Morgan fingerprint density at radius 1 is 1.70 bits per heavy atom. The summed E-state index contributed by atoms with van der Waals surface area (Å²) in [6.07, 6.45) is 4.96. The van der Waals surface area contributed by atoms with Gasteiger partial charge >= 0.3 is 0 Å². The van der Waals surface area contributed by atoms with E-state index >= 15 is 0 Å². The van der Waals surface area contributed by atoms with E-state index in [1.165, 1.54) is 4.74 Å². The fourth-order valence-electron chi connectivity index (χ4n) is 0.769. The topological polar surface area (TPSA) is 43.9 Å². The lowest BCUT2D eigenvalue weighted by Crippen LogP contribution is -1.75. The molecule has 0 aliphatic carbocycles. The van der Waals surface area contributed by atoms with Gasteiger partial charge in [-0.3, -0.25) is 0 Å². The SMILES string of the molecule is C=Cn1cc2cnnc-2o1. The number of rotatable bonds is 1. The molecule has 4 heteroatoms. The Kier molecular flexibility index (Phi) is 0.887. The molecule has 0 saturated carbocycles. The number of hydrogen-bond acceptors (Lipinski definition) is 3. The van der Waals surface area contributed by atoms with Crippen LogP contribution in [0.1, 0.15) is 0 Å². The van der Waals surface area contributed by atoms with E-state index in [4.69, 9.17) is 4.52 Å². The first-order chi connectivity index (χ1) is 4.90. The van der Waals surface area contributed by atoms with E-state index in [2.05, 4.69) is 16.8 Å². The van der Waals surface area contributed by atoms with Gasteiger partial charge in [0.15, 0.2) is 0 Å². The molecule has 0 amide bonds. The van der Waals surface area contributed by atoms with Gasteiger partial charge in [0.25, 0.3) is 5.89 Å². The Morgan fingerprint density at radius 2 is 2.60 bits per heavy atom. The molecule has 0 saturated heterocycles. The summed E-state index contributed by atoms with van der Waals surface area (Å²) >= 11 is 0. The molecule has 2 heterocycles. The molecule has 2 aliphatic heterocycles. The third kappa shape index (κ3) is 0.556. The van der Waals surface area contributed by atoms with Gasteiger partial charge in [-0.1, -0.05) is 6.58 Å². The molecule has 0 fully saturated rings. The first-order valence-corrected chi connectivity index (χ1v) is 2.82. The van der Waals surface area contributed by atoms with E-state index in [-0.39, 0.29) is 0 Å². The van der Waals surface area contributed by atoms with Crippen LogP contribution in [-0.4, -0.2) is 14.9 Å². The Bertz CT molecular complexity index is 296. The summed E-state index contributed by atoms with van der Waals surface area (Å²) in [6, 6.07) is 0. The van der Waals surface area contributed by atoms with Crippen molar-refractivity contribution < 1.29 is 4.52 Å². The van der Waals surface area contributed by atoms with Crippen LogP contribution in [0, 0.1) is 0 Å². The van der Waals surface area contributed by atoms with E-state index in [0.717, 1.165) is 5.56 Å². The quantitative estimate of drug-likeness (QED) is 0.587. The van der Waals surface area contributed by atoms with Crippen molar-refractivity contribution in [3.8, 4) is 11.5 Å². The van der Waals surface area contributed by atoms with Gasteiger partial charge in [-0.05, 0) is 0 Å². The molecule has 10 heavy (non-hydrogen) atoms. The molecular weight excluding hydrogens is 130 g/mol. The van der Waals surface area contributed by atoms with Crippen LogP contribution in [0.2, 0.25) is 0 Å². The second-order valence-corrected chi connectivity index (χ2v) is 1.87. The van der Waals surface area contributed by atoms with Crippen molar-refractivity contribution in [2.24, 2.45) is 0 Å². The lowest BCUT2D eigenvalue weighted by molar-refractivity contribution is 0.365. The molecule has 2 rings (SSSR count). The van der Waals surface area contributed by atoms with Gasteiger partial charge in [-0.15, -0.1) is 5.10 Å². The second-order valence-electron chi connectivity index (χ2n) is 1.87. The molecule has 0 atom stereocenters. The predicted molar refractivity (Wildman–Crippen MR) is 35.3 cm³/mol. The molecule has 0 aromatic carbocycles. The zero-order chi connectivity index (χ0) is 6.97. The van der Waals surface area contributed by atoms with E-state index < -0.39 is 0 Å². The normalized spacial score (nSPS) is 10.4. The lowest BCUT2D eigenvalue weighted by atomic mass is 10.4. The summed E-state index contributed by atoms with van der Waals surface area (Å²) in [4.78, 5) is 0. The third-order valence-corrected chi connectivity index (χ3v) is 1.23. The smallest absolute Gasteiger partial charge is 0.275 e. The molecule has 0 unspecified atom stereocenters. The predicted octanol–water partition coefficient (Wildman–Crippen LogP) is 1.08. The minimum atomic E-state index is 0.542. The van der Waals surface area contributed by atoms with Gasteiger partial charge in [0.05, 0.1) is 18.0 Å².